The van der Waals surface area contributed by atoms with E-state index in [-0.39, 0.29) is 6.61 Å². The molecule has 4 heteroatoms. The third-order valence-corrected chi connectivity index (χ3v) is 3.99. The number of hydrogen-bond donors (Lipinski definition) is 1. The van der Waals surface area contributed by atoms with E-state index in [1.54, 1.807) is 0 Å². The van der Waals surface area contributed by atoms with Crippen LogP contribution in [0.3, 0.4) is 0 Å². The first-order valence-corrected chi connectivity index (χ1v) is 8.21. The Bertz CT molecular complexity index is 753. The van der Waals surface area contributed by atoms with Crippen molar-refractivity contribution >= 4 is 0 Å². The van der Waals surface area contributed by atoms with Crippen molar-refractivity contribution in [2.45, 2.75) is 13.1 Å². The third-order valence-electron chi connectivity index (χ3n) is 3.99. The predicted octanol–water partition coefficient (Wildman–Crippen LogP) is 3.02. The van der Waals surface area contributed by atoms with Gasteiger partial charge in [0.1, 0.15) is 0 Å². The molecule has 1 N–H and O–H groups in total. The van der Waals surface area contributed by atoms with Crippen molar-refractivity contribution in [3.63, 3.8) is 0 Å². The van der Waals surface area contributed by atoms with E-state index in [4.69, 9.17) is 10.2 Å². The average Bonchev–Trinajstić information content (AvgIpc) is 2.99. The predicted molar refractivity (Wildman–Crippen MR) is 96.6 cm³/mol. The van der Waals surface area contributed by atoms with Gasteiger partial charge in [0.05, 0.1) is 18.8 Å². The van der Waals surface area contributed by atoms with Gasteiger partial charge in [0.25, 0.3) is 0 Å². The Hall–Kier alpha value is -2.43. The fraction of sp³-hybridized carbons (Fsp3) is 0.250. The Morgan fingerprint density at radius 1 is 1.00 bits per heavy atom. The SMILES string of the molecule is CN(CCO)Cc1cn(Cc2ccccc2)nc1-c1ccccc1. The monoisotopic (exact) mass is 321 g/mol. The number of rotatable bonds is 7. The largest absolute Gasteiger partial charge is 0.395 e. The van der Waals surface area contributed by atoms with Gasteiger partial charge >= 0.3 is 0 Å². The number of likely N-dealkylation sites (N-methyl/N-ethyl adjacent to an activating group) is 1. The Labute approximate surface area is 143 Å². The van der Waals surface area contributed by atoms with Crippen LogP contribution in [0, 0.1) is 0 Å². The summed E-state index contributed by atoms with van der Waals surface area (Å²) in [7, 11) is 2.01. The van der Waals surface area contributed by atoms with Crippen LogP contribution in [0.5, 0.6) is 0 Å². The van der Waals surface area contributed by atoms with Gasteiger partial charge in [0.2, 0.25) is 0 Å². The molecule has 3 rings (SSSR count). The van der Waals surface area contributed by atoms with E-state index in [0.29, 0.717) is 6.54 Å². The Kier molecular flexibility index (Phi) is 5.41. The lowest BCUT2D eigenvalue weighted by atomic mass is 10.1. The molecule has 0 amide bonds. The molecule has 0 atom stereocenters. The summed E-state index contributed by atoms with van der Waals surface area (Å²) in [5, 5.41) is 14.0. The van der Waals surface area contributed by atoms with E-state index >= 15 is 0 Å². The normalized spacial score (nSPS) is 11.1. The first kappa shape index (κ1) is 16.4. The van der Waals surface area contributed by atoms with Gasteiger partial charge in [-0.25, -0.2) is 0 Å². The van der Waals surface area contributed by atoms with Crippen molar-refractivity contribution in [3.8, 4) is 11.3 Å². The van der Waals surface area contributed by atoms with E-state index in [1.165, 1.54) is 11.1 Å². The van der Waals surface area contributed by atoms with Crippen LogP contribution in [-0.4, -0.2) is 40.0 Å². The maximum Gasteiger partial charge on any atom is 0.0968 e. The summed E-state index contributed by atoms with van der Waals surface area (Å²) in [5.41, 5.74) is 4.54. The zero-order valence-corrected chi connectivity index (χ0v) is 14.0. The number of benzene rings is 2. The Balaban J connectivity index is 1.90. The molecule has 4 nitrogen and oxygen atoms in total. The first-order valence-electron chi connectivity index (χ1n) is 8.21. The van der Waals surface area contributed by atoms with Crippen LogP contribution in [0.25, 0.3) is 11.3 Å². The molecule has 0 aliphatic carbocycles. The summed E-state index contributed by atoms with van der Waals surface area (Å²) in [6.07, 6.45) is 2.11. The lowest BCUT2D eigenvalue weighted by molar-refractivity contribution is 0.217. The third kappa shape index (κ3) is 4.10. The summed E-state index contributed by atoms with van der Waals surface area (Å²) in [5.74, 6) is 0. The van der Waals surface area contributed by atoms with Crippen LogP contribution in [-0.2, 0) is 13.1 Å². The quantitative estimate of drug-likeness (QED) is 0.727. The summed E-state index contributed by atoms with van der Waals surface area (Å²) >= 11 is 0. The Morgan fingerprint density at radius 2 is 1.67 bits per heavy atom. The molecule has 1 heterocycles. The van der Waals surface area contributed by atoms with Crippen LogP contribution < -0.4 is 0 Å². The van der Waals surface area contributed by atoms with E-state index < -0.39 is 0 Å². The molecule has 0 radical (unpaired) electrons. The molecule has 1 aromatic heterocycles. The van der Waals surface area contributed by atoms with Crippen LogP contribution in [0.15, 0.2) is 66.9 Å². The second-order valence-electron chi connectivity index (χ2n) is 6.01. The van der Waals surface area contributed by atoms with Crippen LogP contribution in [0.4, 0.5) is 0 Å². The van der Waals surface area contributed by atoms with E-state index in [2.05, 4.69) is 35.4 Å². The highest BCUT2D eigenvalue weighted by molar-refractivity contribution is 5.62. The molecule has 0 bridgehead atoms. The molecule has 0 unspecified atom stereocenters. The molecular weight excluding hydrogens is 298 g/mol. The topological polar surface area (TPSA) is 41.3 Å². The van der Waals surface area contributed by atoms with Crippen LogP contribution in [0.2, 0.25) is 0 Å². The number of nitrogens with zero attached hydrogens (tertiary/aromatic N) is 3. The highest BCUT2D eigenvalue weighted by atomic mass is 16.3. The lowest BCUT2D eigenvalue weighted by Gasteiger charge is -2.14. The highest BCUT2D eigenvalue weighted by Crippen LogP contribution is 2.23. The van der Waals surface area contributed by atoms with Crippen LogP contribution in [0.1, 0.15) is 11.1 Å². The minimum Gasteiger partial charge on any atom is -0.395 e. The summed E-state index contributed by atoms with van der Waals surface area (Å²) < 4.78 is 2.00. The molecule has 0 spiro atoms. The van der Waals surface area contributed by atoms with Gasteiger partial charge in [0, 0.05) is 30.4 Å². The lowest BCUT2D eigenvalue weighted by Crippen LogP contribution is -2.21. The zero-order valence-electron chi connectivity index (χ0n) is 14.0. The van der Waals surface area contributed by atoms with Gasteiger partial charge in [-0.2, -0.15) is 5.10 Å². The van der Waals surface area contributed by atoms with Gasteiger partial charge in [-0.3, -0.25) is 9.58 Å². The van der Waals surface area contributed by atoms with Crippen LogP contribution >= 0.6 is 0 Å². The van der Waals surface area contributed by atoms with Crippen molar-refractivity contribution in [1.29, 1.82) is 0 Å². The Morgan fingerprint density at radius 3 is 2.33 bits per heavy atom. The highest BCUT2D eigenvalue weighted by Gasteiger charge is 2.13. The molecule has 0 saturated heterocycles. The summed E-state index contributed by atoms with van der Waals surface area (Å²) in [6, 6.07) is 20.6. The van der Waals surface area contributed by atoms with E-state index in [0.717, 1.165) is 24.3 Å². The molecule has 124 valence electrons. The first-order chi connectivity index (χ1) is 11.8. The van der Waals surface area contributed by atoms with E-state index in [9.17, 15) is 0 Å². The average molecular weight is 321 g/mol. The smallest absolute Gasteiger partial charge is 0.0968 e. The van der Waals surface area contributed by atoms with Gasteiger partial charge < -0.3 is 5.11 Å². The van der Waals surface area contributed by atoms with Gasteiger partial charge in [-0.1, -0.05) is 60.7 Å². The fourth-order valence-electron chi connectivity index (χ4n) is 2.81. The number of aliphatic hydroxyl groups is 1. The van der Waals surface area contributed by atoms with Crippen molar-refractivity contribution in [3.05, 3.63) is 78.0 Å². The van der Waals surface area contributed by atoms with Crippen molar-refractivity contribution in [2.24, 2.45) is 0 Å². The van der Waals surface area contributed by atoms with E-state index in [1.807, 2.05) is 48.1 Å². The van der Waals surface area contributed by atoms with Gasteiger partial charge in [0.15, 0.2) is 0 Å². The zero-order chi connectivity index (χ0) is 16.8. The number of hydrogen-bond acceptors (Lipinski definition) is 3. The molecule has 0 aliphatic rings. The minimum atomic E-state index is 0.162. The molecule has 24 heavy (non-hydrogen) atoms. The fourth-order valence-corrected chi connectivity index (χ4v) is 2.81. The maximum absolute atomic E-state index is 9.14. The molecule has 0 fully saturated rings. The molecular formula is C20H23N3O. The molecule has 3 aromatic rings. The van der Waals surface area contributed by atoms with Crippen molar-refractivity contribution < 1.29 is 5.11 Å². The van der Waals surface area contributed by atoms with Crippen molar-refractivity contribution in [1.82, 2.24) is 14.7 Å². The van der Waals surface area contributed by atoms with Crippen molar-refractivity contribution in [2.75, 3.05) is 20.2 Å². The minimum absolute atomic E-state index is 0.162. The summed E-state index contributed by atoms with van der Waals surface area (Å²) in [4.78, 5) is 2.11. The van der Waals surface area contributed by atoms with Gasteiger partial charge in [-0.05, 0) is 12.6 Å². The summed E-state index contributed by atoms with van der Waals surface area (Å²) in [6.45, 7) is 2.33. The molecule has 2 aromatic carbocycles. The second kappa shape index (κ2) is 7.90. The maximum atomic E-state index is 9.14. The molecule has 0 saturated carbocycles. The number of aliphatic hydroxyl groups excluding tert-OH is 1. The molecule has 0 aliphatic heterocycles. The second-order valence-corrected chi connectivity index (χ2v) is 6.01. The standard InChI is InChI=1S/C20H23N3O/c1-22(12-13-24)15-19-16-23(14-17-8-4-2-5-9-17)21-20(19)18-10-6-3-7-11-18/h2-11,16,24H,12-15H2,1H3. The van der Waals surface area contributed by atoms with Gasteiger partial charge in [-0.15, -0.1) is 0 Å². The number of aromatic nitrogens is 2.